The molecule has 1 fully saturated rings. The molecule has 94 valence electrons. The van der Waals surface area contributed by atoms with Gasteiger partial charge in [0.15, 0.2) is 0 Å². The SMILES string of the molecule is CC1CCCCCC1NC(=O)c1cc(N)n[nH]1. The maximum atomic E-state index is 11.9. The van der Waals surface area contributed by atoms with Crippen molar-refractivity contribution in [2.75, 3.05) is 5.73 Å². The summed E-state index contributed by atoms with van der Waals surface area (Å²) in [7, 11) is 0. The zero-order valence-corrected chi connectivity index (χ0v) is 10.2. The zero-order valence-electron chi connectivity index (χ0n) is 10.2. The molecular formula is C12H20N4O. The molecule has 0 radical (unpaired) electrons. The molecular weight excluding hydrogens is 216 g/mol. The third kappa shape index (κ3) is 2.99. The highest BCUT2D eigenvalue weighted by atomic mass is 16.2. The van der Waals surface area contributed by atoms with Gasteiger partial charge in [-0.05, 0) is 18.8 Å². The number of nitrogens with zero attached hydrogens (tertiary/aromatic N) is 1. The van der Waals surface area contributed by atoms with E-state index in [4.69, 9.17) is 5.73 Å². The summed E-state index contributed by atoms with van der Waals surface area (Å²) < 4.78 is 0. The van der Waals surface area contributed by atoms with Gasteiger partial charge >= 0.3 is 0 Å². The molecule has 1 aliphatic rings. The highest BCUT2D eigenvalue weighted by Gasteiger charge is 2.22. The molecule has 5 nitrogen and oxygen atoms in total. The number of hydrogen-bond donors (Lipinski definition) is 3. The van der Waals surface area contributed by atoms with Crippen LogP contribution in [0.15, 0.2) is 6.07 Å². The molecule has 4 N–H and O–H groups in total. The van der Waals surface area contributed by atoms with Crippen molar-refractivity contribution in [1.82, 2.24) is 15.5 Å². The summed E-state index contributed by atoms with van der Waals surface area (Å²) in [5.41, 5.74) is 5.92. The summed E-state index contributed by atoms with van der Waals surface area (Å²) in [6.45, 7) is 2.21. The molecule has 2 unspecified atom stereocenters. The van der Waals surface area contributed by atoms with Crippen molar-refractivity contribution < 1.29 is 4.79 Å². The third-order valence-corrected chi connectivity index (χ3v) is 3.52. The minimum atomic E-state index is -0.104. The fourth-order valence-electron chi connectivity index (χ4n) is 2.41. The van der Waals surface area contributed by atoms with Gasteiger partial charge in [0.25, 0.3) is 5.91 Å². The Morgan fingerprint density at radius 2 is 2.24 bits per heavy atom. The Morgan fingerprint density at radius 1 is 1.47 bits per heavy atom. The number of carbonyl (C=O) groups excluding carboxylic acids is 1. The highest BCUT2D eigenvalue weighted by molar-refractivity contribution is 5.93. The molecule has 0 aromatic carbocycles. The lowest BCUT2D eigenvalue weighted by atomic mass is 9.97. The monoisotopic (exact) mass is 236 g/mol. The lowest BCUT2D eigenvalue weighted by Gasteiger charge is -2.22. The van der Waals surface area contributed by atoms with Crippen molar-refractivity contribution in [3.63, 3.8) is 0 Å². The number of nitrogens with two attached hydrogens (primary N) is 1. The largest absolute Gasteiger partial charge is 0.382 e. The Morgan fingerprint density at radius 3 is 2.94 bits per heavy atom. The number of hydrogen-bond acceptors (Lipinski definition) is 3. The van der Waals surface area contributed by atoms with Gasteiger partial charge in [0.1, 0.15) is 11.5 Å². The Balaban J connectivity index is 1.97. The molecule has 17 heavy (non-hydrogen) atoms. The van der Waals surface area contributed by atoms with E-state index < -0.39 is 0 Å². The second-order valence-corrected chi connectivity index (χ2v) is 4.90. The summed E-state index contributed by atoms with van der Waals surface area (Å²) in [4.78, 5) is 11.9. The highest BCUT2D eigenvalue weighted by Crippen LogP contribution is 2.23. The maximum absolute atomic E-state index is 11.9. The molecule has 1 aromatic rings. The van der Waals surface area contributed by atoms with E-state index >= 15 is 0 Å². The lowest BCUT2D eigenvalue weighted by Crippen LogP contribution is -2.39. The summed E-state index contributed by atoms with van der Waals surface area (Å²) in [6.07, 6.45) is 5.99. The van der Waals surface area contributed by atoms with E-state index in [0.717, 1.165) is 6.42 Å². The van der Waals surface area contributed by atoms with Crippen LogP contribution in [0.2, 0.25) is 0 Å². The number of carbonyl (C=O) groups is 1. The normalized spacial score (nSPS) is 25.2. The molecule has 0 saturated heterocycles. The molecule has 0 spiro atoms. The van der Waals surface area contributed by atoms with Crippen LogP contribution in [0.5, 0.6) is 0 Å². The molecule has 0 bridgehead atoms. The van der Waals surface area contributed by atoms with Crippen LogP contribution in [-0.2, 0) is 0 Å². The summed E-state index contributed by atoms with van der Waals surface area (Å²) >= 11 is 0. The van der Waals surface area contributed by atoms with Gasteiger partial charge in [0.05, 0.1) is 0 Å². The van der Waals surface area contributed by atoms with Crippen LogP contribution in [0.3, 0.4) is 0 Å². The number of aromatic amines is 1. The van der Waals surface area contributed by atoms with Crippen LogP contribution in [-0.4, -0.2) is 22.1 Å². The molecule has 1 aromatic heterocycles. The number of aromatic nitrogens is 2. The van der Waals surface area contributed by atoms with E-state index in [-0.39, 0.29) is 11.9 Å². The van der Waals surface area contributed by atoms with E-state index in [9.17, 15) is 4.79 Å². The van der Waals surface area contributed by atoms with Gasteiger partial charge in [-0.2, -0.15) is 5.10 Å². The summed E-state index contributed by atoms with van der Waals surface area (Å²) in [5, 5.41) is 9.47. The summed E-state index contributed by atoms with van der Waals surface area (Å²) in [6, 6.07) is 1.84. The Labute approximate surface area is 101 Å². The fraction of sp³-hybridized carbons (Fsp3) is 0.667. The van der Waals surface area contributed by atoms with Crippen LogP contribution < -0.4 is 11.1 Å². The maximum Gasteiger partial charge on any atom is 0.269 e. The second-order valence-electron chi connectivity index (χ2n) is 4.90. The van der Waals surface area contributed by atoms with Gasteiger partial charge in [-0.3, -0.25) is 9.89 Å². The first-order chi connectivity index (χ1) is 8.16. The smallest absolute Gasteiger partial charge is 0.269 e. The van der Waals surface area contributed by atoms with Gasteiger partial charge in [-0.1, -0.05) is 26.2 Å². The minimum Gasteiger partial charge on any atom is -0.382 e. The average molecular weight is 236 g/mol. The number of rotatable bonds is 2. The zero-order chi connectivity index (χ0) is 12.3. The van der Waals surface area contributed by atoms with Gasteiger partial charge in [0, 0.05) is 12.1 Å². The van der Waals surface area contributed by atoms with E-state index in [1.165, 1.54) is 25.7 Å². The molecule has 2 atom stereocenters. The Bertz CT molecular complexity index is 388. The van der Waals surface area contributed by atoms with Crippen LogP contribution in [0, 0.1) is 5.92 Å². The minimum absolute atomic E-state index is 0.104. The van der Waals surface area contributed by atoms with Crippen molar-refractivity contribution in [1.29, 1.82) is 0 Å². The van der Waals surface area contributed by atoms with E-state index in [0.29, 0.717) is 17.4 Å². The number of nitrogens with one attached hydrogen (secondary N) is 2. The van der Waals surface area contributed by atoms with Gasteiger partial charge in [-0.15, -0.1) is 0 Å². The van der Waals surface area contributed by atoms with E-state index in [1.54, 1.807) is 6.07 Å². The van der Waals surface area contributed by atoms with Gasteiger partial charge in [-0.25, -0.2) is 0 Å². The first-order valence-corrected chi connectivity index (χ1v) is 6.28. The molecule has 1 heterocycles. The Kier molecular flexibility index (Phi) is 3.66. The van der Waals surface area contributed by atoms with Crippen LogP contribution >= 0.6 is 0 Å². The van der Waals surface area contributed by atoms with Crippen LogP contribution in [0.25, 0.3) is 0 Å². The fourth-order valence-corrected chi connectivity index (χ4v) is 2.41. The van der Waals surface area contributed by atoms with Crippen molar-refractivity contribution in [2.45, 2.75) is 45.1 Å². The van der Waals surface area contributed by atoms with Crippen molar-refractivity contribution in [2.24, 2.45) is 5.92 Å². The summed E-state index contributed by atoms with van der Waals surface area (Å²) in [5.74, 6) is 0.790. The molecule has 1 amide bonds. The van der Waals surface area contributed by atoms with Crippen molar-refractivity contribution in [3.8, 4) is 0 Å². The third-order valence-electron chi connectivity index (χ3n) is 3.52. The quantitative estimate of drug-likeness (QED) is 0.683. The predicted molar refractivity (Wildman–Crippen MR) is 66.5 cm³/mol. The van der Waals surface area contributed by atoms with Gasteiger partial charge in [0.2, 0.25) is 0 Å². The molecule has 1 saturated carbocycles. The average Bonchev–Trinajstić information content (AvgIpc) is 2.63. The standard InChI is InChI=1S/C12H20N4O/c1-8-5-3-2-4-6-9(8)14-12(17)10-7-11(13)16-15-10/h7-9H,2-6H2,1H3,(H,14,17)(H3,13,15,16). The van der Waals surface area contributed by atoms with E-state index in [2.05, 4.69) is 22.4 Å². The van der Waals surface area contributed by atoms with Gasteiger partial charge < -0.3 is 11.1 Å². The second kappa shape index (κ2) is 5.21. The van der Waals surface area contributed by atoms with Crippen LogP contribution in [0.1, 0.15) is 49.5 Å². The topological polar surface area (TPSA) is 83.8 Å². The number of nitrogen functional groups attached to an aromatic ring is 1. The molecule has 1 aliphatic carbocycles. The Hall–Kier alpha value is -1.52. The number of H-pyrrole nitrogens is 1. The molecule has 0 aliphatic heterocycles. The molecule has 5 heteroatoms. The van der Waals surface area contributed by atoms with E-state index in [1.807, 2.05) is 0 Å². The predicted octanol–water partition coefficient (Wildman–Crippen LogP) is 1.69. The first-order valence-electron chi connectivity index (χ1n) is 6.28. The van der Waals surface area contributed by atoms with Crippen molar-refractivity contribution >= 4 is 11.7 Å². The number of anilines is 1. The number of amides is 1. The molecule has 2 rings (SSSR count). The first kappa shape index (κ1) is 12.0. The van der Waals surface area contributed by atoms with Crippen LogP contribution in [0.4, 0.5) is 5.82 Å². The van der Waals surface area contributed by atoms with Crippen molar-refractivity contribution in [3.05, 3.63) is 11.8 Å². The lowest BCUT2D eigenvalue weighted by molar-refractivity contribution is 0.0916.